The Bertz CT molecular complexity index is 925. The Morgan fingerprint density at radius 1 is 1.00 bits per heavy atom. The lowest BCUT2D eigenvalue weighted by Gasteiger charge is -2.32. The van der Waals surface area contributed by atoms with Gasteiger partial charge in [-0.25, -0.2) is 0 Å². The Morgan fingerprint density at radius 2 is 1.62 bits per heavy atom. The van der Waals surface area contributed by atoms with E-state index in [-0.39, 0.29) is 5.69 Å². The van der Waals surface area contributed by atoms with Crippen molar-refractivity contribution in [1.29, 1.82) is 0 Å². The lowest BCUT2D eigenvalue weighted by Crippen LogP contribution is -2.41. The van der Waals surface area contributed by atoms with Gasteiger partial charge in [0.25, 0.3) is 5.91 Å². The van der Waals surface area contributed by atoms with Crippen LogP contribution in [-0.2, 0) is 15.5 Å². The van der Waals surface area contributed by atoms with Crippen LogP contribution in [0.1, 0.15) is 49.2 Å². The molecule has 1 saturated heterocycles. The topological polar surface area (TPSA) is 47.6 Å². The molecule has 1 heterocycles. The van der Waals surface area contributed by atoms with Crippen molar-refractivity contribution >= 4 is 24.2 Å². The molecule has 4 nitrogen and oxygen atoms in total. The number of carbonyl (C=O) groups excluding carboxylic acids is 1. The number of alkyl halides is 3. The molecule has 0 aliphatic carbocycles. The van der Waals surface area contributed by atoms with Crippen molar-refractivity contribution in [2.45, 2.75) is 52.0 Å². The highest BCUT2D eigenvalue weighted by molar-refractivity contribution is 6.62. The van der Waals surface area contributed by atoms with Gasteiger partial charge >= 0.3 is 13.3 Å². The number of benzene rings is 2. The highest BCUT2D eigenvalue weighted by atomic mass is 19.4. The Labute approximate surface area is 168 Å². The van der Waals surface area contributed by atoms with Crippen LogP contribution in [0.3, 0.4) is 0 Å². The summed E-state index contributed by atoms with van der Waals surface area (Å²) in [6, 6.07) is 9.56. The van der Waals surface area contributed by atoms with Gasteiger partial charge in [-0.15, -0.1) is 0 Å². The number of carbonyl (C=O) groups is 1. The van der Waals surface area contributed by atoms with E-state index in [1.807, 2.05) is 34.6 Å². The number of hydrogen-bond donors (Lipinski definition) is 1. The van der Waals surface area contributed by atoms with Gasteiger partial charge in [-0.1, -0.05) is 17.7 Å². The molecule has 0 bridgehead atoms. The third-order valence-electron chi connectivity index (χ3n) is 5.50. The molecule has 3 rings (SSSR count). The second kappa shape index (κ2) is 7.18. The predicted octanol–water partition coefficient (Wildman–Crippen LogP) is 4.57. The van der Waals surface area contributed by atoms with Gasteiger partial charge in [0.2, 0.25) is 0 Å². The van der Waals surface area contributed by atoms with Crippen LogP contribution in [0, 0.1) is 6.92 Å². The monoisotopic (exact) mass is 405 g/mol. The molecule has 0 spiro atoms. The Hall–Kier alpha value is -2.32. The molecule has 0 aromatic heterocycles. The summed E-state index contributed by atoms with van der Waals surface area (Å²) in [5, 5.41) is 2.52. The van der Waals surface area contributed by atoms with E-state index in [0.717, 1.165) is 17.7 Å². The second-order valence-electron chi connectivity index (χ2n) is 8.19. The standard InChI is InChI=1S/C21H23BF3NO3/c1-13-9-10-14(11-17(13)22-28-19(2,3)20(4,5)29-22)18(27)26-16-8-6-7-15(12-16)21(23,24)25/h6-12H,1-5H3,(H,26,27). The summed E-state index contributed by atoms with van der Waals surface area (Å²) in [7, 11) is -0.638. The first kappa shape index (κ1) is 21.4. The number of aryl methyl sites for hydroxylation is 1. The van der Waals surface area contributed by atoms with Crippen molar-refractivity contribution in [1.82, 2.24) is 0 Å². The van der Waals surface area contributed by atoms with Gasteiger partial charge in [-0.05, 0) is 70.4 Å². The van der Waals surface area contributed by atoms with Gasteiger partial charge in [0.05, 0.1) is 16.8 Å². The van der Waals surface area contributed by atoms with Crippen LogP contribution in [0.15, 0.2) is 42.5 Å². The Kier molecular flexibility index (Phi) is 5.30. The average molecular weight is 405 g/mol. The molecule has 1 aliphatic heterocycles. The molecule has 1 aliphatic rings. The number of rotatable bonds is 3. The number of anilines is 1. The van der Waals surface area contributed by atoms with Crippen LogP contribution in [-0.4, -0.2) is 24.2 Å². The van der Waals surface area contributed by atoms with E-state index in [1.54, 1.807) is 18.2 Å². The lowest BCUT2D eigenvalue weighted by atomic mass is 9.75. The van der Waals surface area contributed by atoms with E-state index in [9.17, 15) is 18.0 Å². The first-order valence-electron chi connectivity index (χ1n) is 9.25. The van der Waals surface area contributed by atoms with Gasteiger partial charge in [0, 0.05) is 11.3 Å². The second-order valence-corrected chi connectivity index (χ2v) is 8.19. The maximum absolute atomic E-state index is 12.9. The molecule has 0 saturated carbocycles. The van der Waals surface area contributed by atoms with E-state index in [0.29, 0.717) is 11.0 Å². The van der Waals surface area contributed by atoms with Gasteiger partial charge in [0.1, 0.15) is 0 Å². The quantitative estimate of drug-likeness (QED) is 0.762. The van der Waals surface area contributed by atoms with Gasteiger partial charge in [0.15, 0.2) is 0 Å². The molecule has 0 unspecified atom stereocenters. The van der Waals surface area contributed by atoms with Gasteiger partial charge in [-0.2, -0.15) is 13.2 Å². The van der Waals surface area contributed by atoms with Crippen LogP contribution < -0.4 is 10.8 Å². The first-order valence-corrected chi connectivity index (χ1v) is 9.25. The minimum absolute atomic E-state index is 0.0718. The zero-order chi connectivity index (χ0) is 21.6. The number of nitrogens with one attached hydrogen (secondary N) is 1. The molecule has 1 amide bonds. The van der Waals surface area contributed by atoms with Crippen molar-refractivity contribution in [2.75, 3.05) is 5.32 Å². The van der Waals surface area contributed by atoms with Crippen LogP contribution >= 0.6 is 0 Å². The zero-order valence-electron chi connectivity index (χ0n) is 17.0. The van der Waals surface area contributed by atoms with E-state index in [1.165, 1.54) is 12.1 Å². The van der Waals surface area contributed by atoms with Crippen molar-refractivity contribution in [3.63, 3.8) is 0 Å². The van der Waals surface area contributed by atoms with Crippen molar-refractivity contribution < 1.29 is 27.3 Å². The van der Waals surface area contributed by atoms with Gasteiger partial charge < -0.3 is 14.6 Å². The summed E-state index contributed by atoms with van der Waals surface area (Å²) in [5.41, 5.74) is 0.0951. The molecular formula is C21H23BF3NO3. The summed E-state index contributed by atoms with van der Waals surface area (Å²) in [5.74, 6) is -0.512. The fourth-order valence-corrected chi connectivity index (χ4v) is 2.98. The van der Waals surface area contributed by atoms with Crippen LogP contribution in [0.4, 0.5) is 18.9 Å². The van der Waals surface area contributed by atoms with E-state index < -0.39 is 36.0 Å². The zero-order valence-corrected chi connectivity index (χ0v) is 17.0. The molecule has 0 atom stereocenters. The van der Waals surface area contributed by atoms with Crippen LogP contribution in [0.25, 0.3) is 0 Å². The largest absolute Gasteiger partial charge is 0.495 e. The van der Waals surface area contributed by atoms with Crippen molar-refractivity contribution in [3.05, 3.63) is 59.2 Å². The summed E-state index contributed by atoms with van der Waals surface area (Å²) >= 11 is 0. The van der Waals surface area contributed by atoms with Gasteiger partial charge in [-0.3, -0.25) is 4.79 Å². The summed E-state index contributed by atoms with van der Waals surface area (Å²) in [4.78, 5) is 12.6. The highest BCUT2D eigenvalue weighted by Crippen LogP contribution is 2.36. The fraction of sp³-hybridized carbons (Fsp3) is 0.381. The maximum Gasteiger partial charge on any atom is 0.495 e. The first-order chi connectivity index (χ1) is 13.3. The molecule has 154 valence electrons. The van der Waals surface area contributed by atoms with Crippen LogP contribution in [0.2, 0.25) is 0 Å². The Morgan fingerprint density at radius 3 is 2.21 bits per heavy atom. The minimum Gasteiger partial charge on any atom is -0.399 e. The third kappa shape index (κ3) is 4.33. The predicted molar refractivity (Wildman–Crippen MR) is 106 cm³/mol. The van der Waals surface area contributed by atoms with E-state index >= 15 is 0 Å². The molecule has 0 radical (unpaired) electrons. The number of amides is 1. The summed E-state index contributed by atoms with van der Waals surface area (Å²) in [6.07, 6.45) is -4.48. The number of halogens is 3. The SMILES string of the molecule is Cc1ccc(C(=O)Nc2cccc(C(F)(F)F)c2)cc1B1OC(C)(C)C(C)(C)O1. The van der Waals surface area contributed by atoms with E-state index in [2.05, 4.69) is 5.32 Å². The molecule has 29 heavy (non-hydrogen) atoms. The van der Waals surface area contributed by atoms with E-state index in [4.69, 9.17) is 9.31 Å². The summed E-state index contributed by atoms with van der Waals surface area (Å²) in [6.45, 7) is 9.63. The Balaban J connectivity index is 1.84. The average Bonchev–Trinajstić information content (AvgIpc) is 2.82. The van der Waals surface area contributed by atoms with Crippen molar-refractivity contribution in [2.24, 2.45) is 0 Å². The molecule has 8 heteroatoms. The van der Waals surface area contributed by atoms with Crippen molar-refractivity contribution in [3.8, 4) is 0 Å². The molecule has 2 aromatic rings. The highest BCUT2D eigenvalue weighted by Gasteiger charge is 2.52. The molecular weight excluding hydrogens is 382 g/mol. The maximum atomic E-state index is 12.9. The summed E-state index contributed by atoms with van der Waals surface area (Å²) < 4.78 is 50.8. The fourth-order valence-electron chi connectivity index (χ4n) is 2.98. The molecule has 1 N–H and O–H groups in total. The minimum atomic E-state index is -4.48. The normalized spacial score (nSPS) is 18.0. The number of hydrogen-bond acceptors (Lipinski definition) is 3. The molecule has 1 fully saturated rings. The third-order valence-corrected chi connectivity index (χ3v) is 5.50. The smallest absolute Gasteiger partial charge is 0.399 e. The lowest BCUT2D eigenvalue weighted by molar-refractivity contribution is -0.137. The van der Waals surface area contributed by atoms with Crippen LogP contribution in [0.5, 0.6) is 0 Å². The molecule has 2 aromatic carbocycles.